The number of anilines is 1. The molecular formula is C15H21N5O. The monoisotopic (exact) mass is 287 g/mol. The molecule has 21 heavy (non-hydrogen) atoms. The normalized spacial score (nSPS) is 10.4. The summed E-state index contributed by atoms with van der Waals surface area (Å²) in [5.41, 5.74) is 2.78. The van der Waals surface area contributed by atoms with Gasteiger partial charge in [0.15, 0.2) is 5.82 Å². The maximum Gasteiger partial charge on any atom is 0.251 e. The number of carbonyl (C=O) groups is 1. The number of carbonyl (C=O) groups excluding carboxylic acids is 1. The van der Waals surface area contributed by atoms with Crippen LogP contribution in [-0.4, -0.2) is 27.2 Å². The Morgan fingerprint density at radius 2 is 2.19 bits per heavy atom. The van der Waals surface area contributed by atoms with Gasteiger partial charge in [0.25, 0.3) is 5.91 Å². The van der Waals surface area contributed by atoms with Gasteiger partial charge >= 0.3 is 0 Å². The Morgan fingerprint density at radius 1 is 1.38 bits per heavy atom. The van der Waals surface area contributed by atoms with E-state index in [1.165, 1.54) is 0 Å². The van der Waals surface area contributed by atoms with Gasteiger partial charge in [0.1, 0.15) is 6.33 Å². The smallest absolute Gasteiger partial charge is 0.251 e. The van der Waals surface area contributed by atoms with E-state index in [0.29, 0.717) is 17.9 Å². The molecule has 0 radical (unpaired) electrons. The predicted octanol–water partition coefficient (Wildman–Crippen LogP) is 1.88. The Morgan fingerprint density at radius 3 is 2.81 bits per heavy atom. The van der Waals surface area contributed by atoms with E-state index >= 15 is 0 Å². The summed E-state index contributed by atoms with van der Waals surface area (Å²) in [4.78, 5) is 16.2. The average Bonchev–Trinajstić information content (AvgIpc) is 2.89. The lowest BCUT2D eigenvalue weighted by Crippen LogP contribution is -2.23. The number of aryl methyl sites for hydroxylation is 2. The van der Waals surface area contributed by atoms with Crippen LogP contribution in [0.2, 0.25) is 0 Å². The quantitative estimate of drug-likeness (QED) is 0.851. The second kappa shape index (κ2) is 6.88. The van der Waals surface area contributed by atoms with Crippen LogP contribution in [-0.2, 0) is 13.6 Å². The maximum absolute atomic E-state index is 12.1. The molecule has 0 fully saturated rings. The van der Waals surface area contributed by atoms with Gasteiger partial charge in [-0.15, -0.1) is 0 Å². The molecule has 0 spiro atoms. The highest BCUT2D eigenvalue weighted by atomic mass is 16.1. The van der Waals surface area contributed by atoms with Gasteiger partial charge in [-0.3, -0.25) is 9.48 Å². The summed E-state index contributed by atoms with van der Waals surface area (Å²) in [6.45, 7) is 5.37. The molecule has 1 aromatic heterocycles. The lowest BCUT2D eigenvalue weighted by molar-refractivity contribution is 0.0950. The summed E-state index contributed by atoms with van der Waals surface area (Å²) in [6.07, 6.45) is 2.68. The van der Waals surface area contributed by atoms with Gasteiger partial charge in [-0.25, -0.2) is 4.98 Å². The highest BCUT2D eigenvalue weighted by Crippen LogP contribution is 2.16. The van der Waals surface area contributed by atoms with E-state index in [0.717, 1.165) is 24.2 Å². The third kappa shape index (κ3) is 4.05. The van der Waals surface area contributed by atoms with Crippen LogP contribution in [0.25, 0.3) is 0 Å². The van der Waals surface area contributed by atoms with Crippen molar-refractivity contribution in [3.63, 3.8) is 0 Å². The number of amides is 1. The van der Waals surface area contributed by atoms with Crippen LogP contribution in [0.1, 0.15) is 35.1 Å². The number of nitrogens with one attached hydrogen (secondary N) is 2. The first-order valence-electron chi connectivity index (χ1n) is 7.07. The highest BCUT2D eigenvalue weighted by molar-refractivity contribution is 5.94. The van der Waals surface area contributed by atoms with Crippen LogP contribution in [0.4, 0.5) is 5.69 Å². The molecule has 0 aliphatic rings. The van der Waals surface area contributed by atoms with Crippen molar-refractivity contribution in [2.45, 2.75) is 26.8 Å². The maximum atomic E-state index is 12.1. The molecule has 1 aromatic carbocycles. The van der Waals surface area contributed by atoms with E-state index in [1.54, 1.807) is 18.1 Å². The fraction of sp³-hybridized carbons (Fsp3) is 0.400. The molecule has 6 heteroatoms. The molecule has 0 saturated carbocycles. The summed E-state index contributed by atoms with van der Waals surface area (Å²) in [5, 5.41) is 10.3. The van der Waals surface area contributed by atoms with Crippen LogP contribution in [0.15, 0.2) is 24.5 Å². The van der Waals surface area contributed by atoms with E-state index in [-0.39, 0.29) is 5.91 Å². The Labute approximate surface area is 124 Å². The Balaban J connectivity index is 1.97. The van der Waals surface area contributed by atoms with Gasteiger partial charge < -0.3 is 10.6 Å². The van der Waals surface area contributed by atoms with Crippen molar-refractivity contribution in [2.75, 3.05) is 11.9 Å². The summed E-state index contributed by atoms with van der Waals surface area (Å²) in [5.74, 6) is 0.483. The average molecular weight is 287 g/mol. The SMILES string of the molecule is CCCNc1ccc(C(=O)NCc2ncn(C)n2)cc1C. The molecule has 0 atom stereocenters. The summed E-state index contributed by atoms with van der Waals surface area (Å²) in [6, 6.07) is 5.66. The summed E-state index contributed by atoms with van der Waals surface area (Å²) >= 11 is 0. The molecular weight excluding hydrogens is 266 g/mol. The number of aromatic nitrogens is 3. The van der Waals surface area contributed by atoms with Gasteiger partial charge in [-0.2, -0.15) is 5.10 Å². The number of hydrogen-bond donors (Lipinski definition) is 2. The lowest BCUT2D eigenvalue weighted by atomic mass is 10.1. The third-order valence-corrected chi connectivity index (χ3v) is 3.11. The van der Waals surface area contributed by atoms with E-state index in [2.05, 4.69) is 27.6 Å². The van der Waals surface area contributed by atoms with Gasteiger partial charge in [0.05, 0.1) is 6.54 Å². The van der Waals surface area contributed by atoms with Crippen molar-refractivity contribution in [1.82, 2.24) is 20.1 Å². The first kappa shape index (κ1) is 15.0. The first-order valence-corrected chi connectivity index (χ1v) is 7.07. The Kier molecular flexibility index (Phi) is 4.92. The molecule has 1 amide bonds. The second-order valence-corrected chi connectivity index (χ2v) is 4.97. The van der Waals surface area contributed by atoms with Gasteiger partial charge in [-0.1, -0.05) is 6.92 Å². The fourth-order valence-electron chi connectivity index (χ4n) is 1.99. The zero-order chi connectivity index (χ0) is 15.2. The predicted molar refractivity (Wildman–Crippen MR) is 82.1 cm³/mol. The van der Waals surface area contributed by atoms with Gasteiger partial charge in [0.2, 0.25) is 0 Å². The summed E-state index contributed by atoms with van der Waals surface area (Å²) < 4.78 is 1.61. The Bertz CT molecular complexity index is 620. The van der Waals surface area contributed by atoms with Crippen LogP contribution in [0, 0.1) is 6.92 Å². The largest absolute Gasteiger partial charge is 0.385 e. The third-order valence-electron chi connectivity index (χ3n) is 3.11. The van der Waals surface area contributed by atoms with Crippen LogP contribution in [0.3, 0.4) is 0 Å². The lowest BCUT2D eigenvalue weighted by Gasteiger charge is -2.10. The van der Waals surface area contributed by atoms with E-state index in [4.69, 9.17) is 0 Å². The number of benzene rings is 1. The van der Waals surface area contributed by atoms with E-state index in [1.807, 2.05) is 25.1 Å². The molecule has 2 N–H and O–H groups in total. The van der Waals surface area contributed by atoms with Crippen molar-refractivity contribution < 1.29 is 4.79 Å². The molecule has 0 saturated heterocycles. The summed E-state index contributed by atoms with van der Waals surface area (Å²) in [7, 11) is 1.80. The van der Waals surface area contributed by atoms with Gasteiger partial charge in [0, 0.05) is 24.8 Å². The minimum absolute atomic E-state index is 0.118. The molecule has 0 bridgehead atoms. The zero-order valence-electron chi connectivity index (χ0n) is 12.7. The van der Waals surface area contributed by atoms with Crippen LogP contribution >= 0.6 is 0 Å². The number of nitrogens with zero attached hydrogens (tertiary/aromatic N) is 3. The van der Waals surface area contributed by atoms with E-state index in [9.17, 15) is 4.79 Å². The second-order valence-electron chi connectivity index (χ2n) is 4.97. The van der Waals surface area contributed by atoms with Crippen molar-refractivity contribution in [3.8, 4) is 0 Å². The molecule has 2 aromatic rings. The topological polar surface area (TPSA) is 71.8 Å². The number of hydrogen-bond acceptors (Lipinski definition) is 4. The molecule has 0 unspecified atom stereocenters. The molecule has 6 nitrogen and oxygen atoms in total. The van der Waals surface area contributed by atoms with E-state index < -0.39 is 0 Å². The van der Waals surface area contributed by atoms with Gasteiger partial charge in [-0.05, 0) is 37.1 Å². The molecule has 112 valence electrons. The minimum atomic E-state index is -0.118. The first-order chi connectivity index (χ1) is 10.1. The minimum Gasteiger partial charge on any atom is -0.385 e. The van der Waals surface area contributed by atoms with Crippen molar-refractivity contribution >= 4 is 11.6 Å². The highest BCUT2D eigenvalue weighted by Gasteiger charge is 2.08. The number of rotatable bonds is 6. The van der Waals surface area contributed by atoms with Crippen molar-refractivity contribution in [3.05, 3.63) is 41.5 Å². The van der Waals surface area contributed by atoms with Crippen molar-refractivity contribution in [1.29, 1.82) is 0 Å². The fourth-order valence-corrected chi connectivity index (χ4v) is 1.99. The zero-order valence-corrected chi connectivity index (χ0v) is 12.7. The Hall–Kier alpha value is -2.37. The molecule has 0 aliphatic carbocycles. The van der Waals surface area contributed by atoms with Crippen LogP contribution in [0.5, 0.6) is 0 Å². The molecule has 0 aliphatic heterocycles. The molecule has 2 rings (SSSR count). The standard InChI is InChI=1S/C15H21N5O/c1-4-7-16-13-6-5-12(8-11(13)2)15(21)17-9-14-18-10-20(3)19-14/h5-6,8,10,16H,4,7,9H2,1-3H3,(H,17,21). The van der Waals surface area contributed by atoms with Crippen molar-refractivity contribution in [2.24, 2.45) is 7.05 Å². The molecule has 1 heterocycles. The van der Waals surface area contributed by atoms with Crippen LogP contribution < -0.4 is 10.6 Å².